The zero-order chi connectivity index (χ0) is 12.7. The van der Waals surface area contributed by atoms with Crippen molar-refractivity contribution in [1.29, 1.82) is 0 Å². The van der Waals surface area contributed by atoms with Crippen LogP contribution in [-0.4, -0.2) is 15.0 Å². The molecule has 0 atom stereocenters. The van der Waals surface area contributed by atoms with Crippen molar-refractivity contribution in [3.8, 4) is 20.9 Å². The highest BCUT2D eigenvalue weighted by Gasteiger charge is 2.10. The van der Waals surface area contributed by atoms with Gasteiger partial charge in [0, 0.05) is 40.0 Å². The lowest BCUT2D eigenvalue weighted by atomic mass is 10.1. The number of pyridine rings is 1. The number of nitrogens with one attached hydrogen (secondary N) is 1. The third-order valence-electron chi connectivity index (χ3n) is 3.03. The van der Waals surface area contributed by atoms with Crippen molar-refractivity contribution in [3.05, 3.63) is 47.7 Å². The molecule has 0 bridgehead atoms. The molecule has 0 aromatic carbocycles. The molecule has 4 aromatic rings. The number of fused-ring (bicyclic) bond motifs is 1. The first-order valence-electron chi connectivity index (χ1n) is 5.82. The van der Waals surface area contributed by atoms with E-state index in [1.54, 1.807) is 22.7 Å². The highest BCUT2D eigenvalue weighted by atomic mass is 32.1. The van der Waals surface area contributed by atoms with Crippen LogP contribution < -0.4 is 0 Å². The molecule has 0 saturated heterocycles. The Kier molecular flexibility index (Phi) is 2.46. The first-order chi connectivity index (χ1) is 9.42. The van der Waals surface area contributed by atoms with Crippen LogP contribution in [0.25, 0.3) is 31.9 Å². The summed E-state index contributed by atoms with van der Waals surface area (Å²) >= 11 is 3.37. The van der Waals surface area contributed by atoms with E-state index >= 15 is 0 Å². The molecule has 0 radical (unpaired) electrons. The smallest absolute Gasteiger partial charge is 0.137 e. The van der Waals surface area contributed by atoms with Gasteiger partial charge in [0.25, 0.3) is 0 Å². The van der Waals surface area contributed by atoms with Crippen molar-refractivity contribution in [2.24, 2.45) is 0 Å². The minimum absolute atomic E-state index is 0.920. The average molecular weight is 283 g/mol. The molecule has 0 aliphatic rings. The quantitative estimate of drug-likeness (QED) is 0.592. The molecule has 4 aromatic heterocycles. The van der Waals surface area contributed by atoms with Gasteiger partial charge in [0.1, 0.15) is 5.65 Å². The number of nitrogens with zero attached hydrogens (tertiary/aromatic N) is 2. The van der Waals surface area contributed by atoms with Crippen LogP contribution in [0.3, 0.4) is 0 Å². The molecule has 19 heavy (non-hydrogen) atoms. The van der Waals surface area contributed by atoms with Gasteiger partial charge in [-0.15, -0.1) is 22.7 Å². The molecule has 3 nitrogen and oxygen atoms in total. The van der Waals surface area contributed by atoms with Crippen LogP contribution >= 0.6 is 22.7 Å². The molecule has 0 fully saturated rings. The third-order valence-corrected chi connectivity index (χ3v) is 4.76. The molecule has 0 saturated carbocycles. The summed E-state index contributed by atoms with van der Waals surface area (Å²) in [6.07, 6.45) is 5.82. The summed E-state index contributed by atoms with van der Waals surface area (Å²) in [5.74, 6) is 0. The van der Waals surface area contributed by atoms with Gasteiger partial charge in [0.05, 0.1) is 10.4 Å². The molecule has 4 rings (SSSR count). The molecule has 1 N–H and O–H groups in total. The van der Waals surface area contributed by atoms with Gasteiger partial charge in [0.2, 0.25) is 0 Å². The van der Waals surface area contributed by atoms with E-state index in [9.17, 15) is 0 Å². The van der Waals surface area contributed by atoms with Gasteiger partial charge in [-0.05, 0) is 17.5 Å². The molecule has 0 spiro atoms. The van der Waals surface area contributed by atoms with Gasteiger partial charge in [-0.3, -0.25) is 4.98 Å². The standard InChI is InChI=1S/C14H9N3S2/c1-2-12(18-3-1)9-4-10-11(13-7-15-8-19-13)6-17-14(10)16-5-9/h1-8H,(H,16,17). The van der Waals surface area contributed by atoms with Crippen molar-refractivity contribution >= 4 is 33.7 Å². The van der Waals surface area contributed by atoms with Crippen LogP contribution in [0.2, 0.25) is 0 Å². The van der Waals surface area contributed by atoms with E-state index in [0.29, 0.717) is 0 Å². The molecule has 0 unspecified atom stereocenters. The second kappa shape index (κ2) is 4.29. The minimum atomic E-state index is 0.920. The summed E-state index contributed by atoms with van der Waals surface area (Å²) in [7, 11) is 0. The Bertz CT molecular complexity index is 814. The Balaban J connectivity index is 1.95. The van der Waals surface area contributed by atoms with E-state index in [0.717, 1.165) is 21.5 Å². The highest BCUT2D eigenvalue weighted by molar-refractivity contribution is 7.13. The maximum Gasteiger partial charge on any atom is 0.137 e. The number of H-pyrrole nitrogens is 1. The number of aromatic amines is 1. The zero-order valence-electron chi connectivity index (χ0n) is 9.83. The summed E-state index contributed by atoms with van der Waals surface area (Å²) in [5.41, 5.74) is 5.10. The van der Waals surface area contributed by atoms with Crippen LogP contribution in [0.5, 0.6) is 0 Å². The van der Waals surface area contributed by atoms with Crippen LogP contribution in [0.15, 0.2) is 47.7 Å². The SMILES string of the molecule is c1csc(-c2cnc3[nH]cc(-c4cncs4)c3c2)c1. The maximum absolute atomic E-state index is 4.50. The fourth-order valence-electron chi connectivity index (χ4n) is 2.13. The zero-order valence-corrected chi connectivity index (χ0v) is 11.5. The number of rotatable bonds is 2. The lowest BCUT2D eigenvalue weighted by molar-refractivity contribution is 1.33. The summed E-state index contributed by atoms with van der Waals surface area (Å²) in [6, 6.07) is 6.37. The fourth-order valence-corrected chi connectivity index (χ4v) is 3.50. The van der Waals surface area contributed by atoms with E-state index in [1.165, 1.54) is 10.4 Å². The molecular formula is C14H9N3S2. The average Bonchev–Trinajstić information content (AvgIpc) is 3.18. The predicted molar refractivity (Wildman–Crippen MR) is 80.5 cm³/mol. The van der Waals surface area contributed by atoms with E-state index in [2.05, 4.69) is 38.5 Å². The predicted octanol–water partition coefficient (Wildman–Crippen LogP) is 4.41. The highest BCUT2D eigenvalue weighted by Crippen LogP contribution is 2.33. The first-order valence-corrected chi connectivity index (χ1v) is 7.57. The van der Waals surface area contributed by atoms with Crippen molar-refractivity contribution in [2.45, 2.75) is 0 Å². The lowest BCUT2D eigenvalue weighted by Crippen LogP contribution is -1.79. The monoisotopic (exact) mass is 283 g/mol. The van der Waals surface area contributed by atoms with Gasteiger partial charge in [-0.25, -0.2) is 4.98 Å². The van der Waals surface area contributed by atoms with E-state index in [-0.39, 0.29) is 0 Å². The van der Waals surface area contributed by atoms with Crippen molar-refractivity contribution in [1.82, 2.24) is 15.0 Å². The number of thiophene rings is 1. The first kappa shape index (κ1) is 10.9. The topological polar surface area (TPSA) is 41.6 Å². The van der Waals surface area contributed by atoms with E-state index in [1.807, 2.05) is 24.1 Å². The maximum atomic E-state index is 4.50. The van der Waals surface area contributed by atoms with Crippen LogP contribution in [0.4, 0.5) is 0 Å². The minimum Gasteiger partial charge on any atom is -0.345 e. The molecule has 92 valence electrons. The molecular weight excluding hydrogens is 274 g/mol. The number of thiazole rings is 1. The Morgan fingerprint density at radius 3 is 2.89 bits per heavy atom. The Morgan fingerprint density at radius 1 is 1.11 bits per heavy atom. The van der Waals surface area contributed by atoms with Gasteiger partial charge >= 0.3 is 0 Å². The Labute approximate surface area is 117 Å². The summed E-state index contributed by atoms with van der Waals surface area (Å²) in [5, 5.41) is 3.23. The molecule has 0 aliphatic heterocycles. The second-order valence-electron chi connectivity index (χ2n) is 4.17. The molecule has 4 heterocycles. The Hall–Kier alpha value is -1.98. The van der Waals surface area contributed by atoms with Gasteiger partial charge in [-0.2, -0.15) is 0 Å². The fraction of sp³-hybridized carbons (Fsp3) is 0. The molecule has 5 heteroatoms. The lowest BCUT2D eigenvalue weighted by Gasteiger charge is -1.99. The van der Waals surface area contributed by atoms with Crippen LogP contribution in [-0.2, 0) is 0 Å². The summed E-state index contributed by atoms with van der Waals surface area (Å²) in [6.45, 7) is 0. The second-order valence-corrected chi connectivity index (χ2v) is 6.00. The van der Waals surface area contributed by atoms with Gasteiger partial charge in [0.15, 0.2) is 0 Å². The Morgan fingerprint density at radius 2 is 2.11 bits per heavy atom. The molecule has 0 amide bonds. The van der Waals surface area contributed by atoms with E-state index in [4.69, 9.17) is 0 Å². The normalized spacial score (nSPS) is 11.2. The summed E-state index contributed by atoms with van der Waals surface area (Å²) in [4.78, 5) is 14.3. The number of hydrogen-bond acceptors (Lipinski definition) is 4. The van der Waals surface area contributed by atoms with Crippen molar-refractivity contribution < 1.29 is 0 Å². The van der Waals surface area contributed by atoms with Crippen LogP contribution in [0.1, 0.15) is 0 Å². The van der Waals surface area contributed by atoms with E-state index < -0.39 is 0 Å². The van der Waals surface area contributed by atoms with Crippen LogP contribution in [0, 0.1) is 0 Å². The largest absolute Gasteiger partial charge is 0.345 e. The number of hydrogen-bond donors (Lipinski definition) is 1. The third kappa shape index (κ3) is 1.78. The summed E-state index contributed by atoms with van der Waals surface area (Å²) < 4.78 is 0. The van der Waals surface area contributed by atoms with Gasteiger partial charge < -0.3 is 4.98 Å². The molecule has 0 aliphatic carbocycles. The van der Waals surface area contributed by atoms with Gasteiger partial charge in [-0.1, -0.05) is 6.07 Å². The number of aromatic nitrogens is 3. The van der Waals surface area contributed by atoms with Crippen molar-refractivity contribution in [2.75, 3.05) is 0 Å². The van der Waals surface area contributed by atoms with Crippen molar-refractivity contribution in [3.63, 3.8) is 0 Å².